The molecule has 2 amide bonds. The fourth-order valence-corrected chi connectivity index (χ4v) is 3.88. The fraction of sp³-hybridized carbons (Fsp3) is 0.263. The molecule has 2 aromatic carbocycles. The molecule has 0 spiro atoms. The molecule has 25 heavy (non-hydrogen) atoms. The second kappa shape index (κ2) is 7.93. The standard InChI is InChI=1S/C19H19ClN2O2S/c1-13(25-15-6-3-2-4-7-15)19(24)21-14-9-10-17(16(20)12-14)22-11-5-8-18(22)23/h2-4,6-7,9-10,12-13H,5,8,11H2,1H3,(H,21,24). The largest absolute Gasteiger partial charge is 0.325 e. The number of amides is 2. The number of hydrogen-bond acceptors (Lipinski definition) is 3. The van der Waals surface area contributed by atoms with Gasteiger partial charge in [0.05, 0.1) is 16.0 Å². The van der Waals surface area contributed by atoms with Gasteiger partial charge in [-0.25, -0.2) is 0 Å². The van der Waals surface area contributed by atoms with Crippen LogP contribution in [0, 0.1) is 0 Å². The normalized spacial score (nSPS) is 15.3. The van der Waals surface area contributed by atoms with Crippen LogP contribution in [-0.4, -0.2) is 23.6 Å². The van der Waals surface area contributed by atoms with Gasteiger partial charge in [0.25, 0.3) is 0 Å². The summed E-state index contributed by atoms with van der Waals surface area (Å²) in [4.78, 5) is 27.0. The van der Waals surface area contributed by atoms with Gasteiger partial charge in [-0.15, -0.1) is 11.8 Å². The van der Waals surface area contributed by atoms with Crippen LogP contribution in [0.1, 0.15) is 19.8 Å². The van der Waals surface area contributed by atoms with Crippen LogP contribution < -0.4 is 10.2 Å². The SMILES string of the molecule is CC(Sc1ccccc1)C(=O)Nc1ccc(N2CCCC2=O)c(Cl)c1. The summed E-state index contributed by atoms with van der Waals surface area (Å²) in [6, 6.07) is 15.1. The van der Waals surface area contributed by atoms with E-state index < -0.39 is 0 Å². The Morgan fingerprint density at radius 1 is 1.24 bits per heavy atom. The van der Waals surface area contributed by atoms with Crippen molar-refractivity contribution in [1.29, 1.82) is 0 Å². The van der Waals surface area contributed by atoms with E-state index >= 15 is 0 Å². The molecule has 130 valence electrons. The van der Waals surface area contributed by atoms with Crippen LogP contribution in [0.2, 0.25) is 5.02 Å². The van der Waals surface area contributed by atoms with E-state index in [1.54, 1.807) is 23.1 Å². The molecule has 1 heterocycles. The van der Waals surface area contributed by atoms with Crippen LogP contribution >= 0.6 is 23.4 Å². The number of anilines is 2. The average Bonchev–Trinajstić information content (AvgIpc) is 3.01. The highest BCUT2D eigenvalue weighted by Crippen LogP contribution is 2.32. The predicted molar refractivity (Wildman–Crippen MR) is 103 cm³/mol. The van der Waals surface area contributed by atoms with Crippen LogP contribution in [0.5, 0.6) is 0 Å². The third-order valence-corrected chi connectivity index (χ3v) is 5.42. The summed E-state index contributed by atoms with van der Waals surface area (Å²) in [6.45, 7) is 2.56. The van der Waals surface area contributed by atoms with Gasteiger partial charge in [-0.3, -0.25) is 9.59 Å². The van der Waals surface area contributed by atoms with E-state index in [1.807, 2.05) is 37.3 Å². The molecule has 0 aliphatic carbocycles. The number of carbonyl (C=O) groups is 2. The second-order valence-electron chi connectivity index (χ2n) is 5.88. The minimum Gasteiger partial charge on any atom is -0.325 e. The summed E-state index contributed by atoms with van der Waals surface area (Å²) < 4.78 is 0. The molecule has 2 aromatic rings. The van der Waals surface area contributed by atoms with E-state index in [0.717, 1.165) is 11.3 Å². The van der Waals surface area contributed by atoms with Crippen molar-refractivity contribution in [3.63, 3.8) is 0 Å². The van der Waals surface area contributed by atoms with Gasteiger partial charge in [-0.1, -0.05) is 29.8 Å². The van der Waals surface area contributed by atoms with Gasteiger partial charge in [0.1, 0.15) is 0 Å². The number of benzene rings is 2. The Morgan fingerprint density at radius 2 is 2.00 bits per heavy atom. The molecule has 1 fully saturated rings. The third-order valence-electron chi connectivity index (χ3n) is 4.00. The van der Waals surface area contributed by atoms with Crippen molar-refractivity contribution in [2.75, 3.05) is 16.8 Å². The van der Waals surface area contributed by atoms with Crippen molar-refractivity contribution < 1.29 is 9.59 Å². The molecule has 4 nitrogen and oxygen atoms in total. The molecule has 1 atom stereocenters. The van der Waals surface area contributed by atoms with Gasteiger partial charge in [0, 0.05) is 23.5 Å². The quantitative estimate of drug-likeness (QED) is 0.779. The van der Waals surface area contributed by atoms with Crippen LogP contribution in [0.25, 0.3) is 0 Å². The Morgan fingerprint density at radius 3 is 2.64 bits per heavy atom. The van der Waals surface area contributed by atoms with E-state index in [9.17, 15) is 9.59 Å². The summed E-state index contributed by atoms with van der Waals surface area (Å²) >= 11 is 7.82. The van der Waals surface area contributed by atoms with Crippen LogP contribution in [0.15, 0.2) is 53.4 Å². The number of rotatable bonds is 5. The predicted octanol–water partition coefficient (Wildman–Crippen LogP) is 4.59. The first-order chi connectivity index (χ1) is 12.0. The molecule has 1 saturated heterocycles. The second-order valence-corrected chi connectivity index (χ2v) is 7.70. The van der Waals surface area contributed by atoms with Gasteiger partial charge in [-0.05, 0) is 43.7 Å². The maximum atomic E-state index is 12.4. The first-order valence-corrected chi connectivity index (χ1v) is 9.43. The first kappa shape index (κ1) is 17.8. The van der Waals surface area contributed by atoms with Gasteiger partial charge in [-0.2, -0.15) is 0 Å². The maximum Gasteiger partial charge on any atom is 0.237 e. The Labute approximate surface area is 156 Å². The lowest BCUT2D eigenvalue weighted by atomic mass is 10.2. The molecule has 6 heteroatoms. The molecule has 1 N–H and O–H groups in total. The zero-order chi connectivity index (χ0) is 17.8. The molecule has 0 saturated carbocycles. The van der Waals surface area contributed by atoms with Gasteiger partial charge in [0.2, 0.25) is 11.8 Å². The smallest absolute Gasteiger partial charge is 0.237 e. The number of thioether (sulfide) groups is 1. The fourth-order valence-electron chi connectivity index (χ4n) is 2.71. The Hall–Kier alpha value is -1.98. The highest BCUT2D eigenvalue weighted by Gasteiger charge is 2.24. The van der Waals surface area contributed by atoms with Crippen molar-refractivity contribution in [3.8, 4) is 0 Å². The molecule has 1 aliphatic heterocycles. The third kappa shape index (κ3) is 4.35. The lowest BCUT2D eigenvalue weighted by molar-refractivity contribution is -0.117. The Bertz CT molecular complexity index is 782. The molecule has 1 aliphatic rings. The molecular weight excluding hydrogens is 356 g/mol. The molecular formula is C19H19ClN2O2S. The van der Waals surface area contributed by atoms with Gasteiger partial charge < -0.3 is 10.2 Å². The molecule has 0 radical (unpaired) electrons. The molecule has 0 aromatic heterocycles. The average molecular weight is 375 g/mol. The van der Waals surface area contributed by atoms with E-state index in [0.29, 0.717) is 29.4 Å². The van der Waals surface area contributed by atoms with E-state index in [-0.39, 0.29) is 17.1 Å². The maximum absolute atomic E-state index is 12.4. The minimum atomic E-state index is -0.235. The van der Waals surface area contributed by atoms with Crippen molar-refractivity contribution in [1.82, 2.24) is 0 Å². The number of carbonyl (C=O) groups excluding carboxylic acids is 2. The Balaban J connectivity index is 1.65. The zero-order valence-corrected chi connectivity index (χ0v) is 15.4. The van der Waals surface area contributed by atoms with Crippen LogP contribution in [0.4, 0.5) is 11.4 Å². The lowest BCUT2D eigenvalue weighted by Crippen LogP contribution is -2.24. The first-order valence-electron chi connectivity index (χ1n) is 8.17. The number of halogens is 1. The summed E-state index contributed by atoms with van der Waals surface area (Å²) in [5, 5.41) is 3.12. The van der Waals surface area contributed by atoms with Crippen molar-refractivity contribution in [2.45, 2.75) is 29.9 Å². The minimum absolute atomic E-state index is 0.0880. The summed E-state index contributed by atoms with van der Waals surface area (Å²) in [5.74, 6) is 0.00138. The summed E-state index contributed by atoms with van der Waals surface area (Å²) in [6.07, 6.45) is 1.41. The van der Waals surface area contributed by atoms with Gasteiger partial charge in [0.15, 0.2) is 0 Å². The lowest BCUT2D eigenvalue weighted by Gasteiger charge is -2.18. The van der Waals surface area contributed by atoms with Crippen LogP contribution in [0.3, 0.4) is 0 Å². The van der Waals surface area contributed by atoms with E-state index in [4.69, 9.17) is 11.6 Å². The number of hydrogen-bond donors (Lipinski definition) is 1. The Kier molecular flexibility index (Phi) is 5.66. The molecule has 1 unspecified atom stereocenters. The van der Waals surface area contributed by atoms with Gasteiger partial charge >= 0.3 is 0 Å². The van der Waals surface area contributed by atoms with Crippen molar-refractivity contribution in [2.24, 2.45) is 0 Å². The van der Waals surface area contributed by atoms with E-state index in [1.165, 1.54) is 11.8 Å². The highest BCUT2D eigenvalue weighted by atomic mass is 35.5. The topological polar surface area (TPSA) is 49.4 Å². The van der Waals surface area contributed by atoms with Crippen molar-refractivity contribution in [3.05, 3.63) is 53.6 Å². The van der Waals surface area contributed by atoms with E-state index in [2.05, 4.69) is 5.32 Å². The summed E-state index contributed by atoms with van der Waals surface area (Å²) in [7, 11) is 0. The zero-order valence-electron chi connectivity index (χ0n) is 13.9. The molecule has 3 rings (SSSR count). The number of nitrogens with zero attached hydrogens (tertiary/aromatic N) is 1. The number of nitrogens with one attached hydrogen (secondary N) is 1. The summed E-state index contributed by atoms with van der Waals surface area (Å²) in [5.41, 5.74) is 1.33. The highest BCUT2D eigenvalue weighted by molar-refractivity contribution is 8.00. The monoisotopic (exact) mass is 374 g/mol. The van der Waals surface area contributed by atoms with Crippen LogP contribution in [-0.2, 0) is 9.59 Å². The van der Waals surface area contributed by atoms with Crippen molar-refractivity contribution >= 4 is 46.6 Å². The molecule has 0 bridgehead atoms.